The number of ether oxygens (including phenoxy) is 1. The van der Waals surface area contributed by atoms with E-state index in [9.17, 15) is 9.59 Å². The number of benzene rings is 2. The minimum absolute atomic E-state index is 0.0266. The van der Waals surface area contributed by atoms with E-state index in [1.807, 2.05) is 95.3 Å². The molecule has 0 bridgehead atoms. The molecule has 156 valence electrons. The van der Waals surface area contributed by atoms with Crippen LogP contribution in [0, 0.1) is 13.8 Å². The first-order valence-corrected chi connectivity index (χ1v) is 10.2. The molecule has 0 atom stereocenters. The molecule has 0 aliphatic carbocycles. The van der Waals surface area contributed by atoms with Gasteiger partial charge >= 0.3 is 6.09 Å². The second-order valence-corrected chi connectivity index (χ2v) is 8.72. The topological polar surface area (TPSA) is 46.6 Å². The zero-order valence-electron chi connectivity index (χ0n) is 18.4. The van der Waals surface area contributed by atoms with Crippen molar-refractivity contribution in [1.82, 2.24) is 4.90 Å². The Bertz CT molecular complexity index is 957. The van der Waals surface area contributed by atoms with Gasteiger partial charge in [-0.15, -0.1) is 0 Å². The Hall–Kier alpha value is -3.14. The lowest BCUT2D eigenvalue weighted by Gasteiger charge is -2.32. The molecule has 1 fully saturated rings. The maximum Gasteiger partial charge on any atom is 0.410 e. The van der Waals surface area contributed by atoms with E-state index in [1.54, 1.807) is 4.90 Å². The van der Waals surface area contributed by atoms with E-state index >= 15 is 0 Å². The van der Waals surface area contributed by atoms with Crippen LogP contribution < -0.4 is 0 Å². The normalized spacial score (nSPS) is 17.5. The van der Waals surface area contributed by atoms with Crippen molar-refractivity contribution < 1.29 is 14.3 Å². The second kappa shape index (κ2) is 8.70. The van der Waals surface area contributed by atoms with Crippen LogP contribution in [0.5, 0.6) is 0 Å². The summed E-state index contributed by atoms with van der Waals surface area (Å²) < 4.78 is 5.58. The zero-order chi connectivity index (χ0) is 21.9. The third-order valence-corrected chi connectivity index (χ3v) is 4.99. The lowest BCUT2D eigenvalue weighted by Crippen LogP contribution is -2.44. The molecule has 1 amide bonds. The predicted octanol–water partition coefficient (Wildman–Crippen LogP) is 5.59. The van der Waals surface area contributed by atoms with Gasteiger partial charge in [-0.05, 0) is 69.0 Å². The van der Waals surface area contributed by atoms with E-state index in [1.165, 1.54) is 0 Å². The van der Waals surface area contributed by atoms with Crippen LogP contribution in [0.15, 0.2) is 59.7 Å². The van der Waals surface area contributed by atoms with Gasteiger partial charge in [-0.1, -0.05) is 48.5 Å². The summed E-state index contributed by atoms with van der Waals surface area (Å²) in [6, 6.07) is 15.8. The van der Waals surface area contributed by atoms with Crippen molar-refractivity contribution in [1.29, 1.82) is 0 Å². The number of likely N-dealkylation sites (tertiary alicyclic amines) is 1. The first-order chi connectivity index (χ1) is 14.1. The average Bonchev–Trinajstić information content (AvgIpc) is 2.66. The average molecular weight is 404 g/mol. The van der Waals surface area contributed by atoms with Crippen molar-refractivity contribution >= 4 is 24.0 Å². The molecule has 30 heavy (non-hydrogen) atoms. The number of hydrogen-bond acceptors (Lipinski definition) is 3. The number of ketones is 1. The van der Waals surface area contributed by atoms with Gasteiger partial charge in [-0.3, -0.25) is 9.69 Å². The molecule has 0 spiro atoms. The van der Waals surface area contributed by atoms with Gasteiger partial charge in [0, 0.05) is 11.1 Å². The van der Waals surface area contributed by atoms with E-state index in [2.05, 4.69) is 0 Å². The standard InChI is InChI=1S/C26H29NO3/c1-18-10-6-8-12-20(18)14-22-16-27(25(29)30-26(3,4)5)17-23(24(22)28)15-21-13-9-7-11-19(21)2/h6-15H,16-17H2,1-5H3/b22-14+,23-15+. The highest BCUT2D eigenvalue weighted by atomic mass is 16.6. The second-order valence-electron chi connectivity index (χ2n) is 8.72. The summed E-state index contributed by atoms with van der Waals surface area (Å²) >= 11 is 0. The summed E-state index contributed by atoms with van der Waals surface area (Å²) in [6.07, 6.45) is 3.36. The Labute approximate surface area is 178 Å². The number of carbonyl (C=O) groups is 2. The largest absolute Gasteiger partial charge is 0.444 e. The fourth-order valence-corrected chi connectivity index (χ4v) is 3.37. The predicted molar refractivity (Wildman–Crippen MR) is 121 cm³/mol. The van der Waals surface area contributed by atoms with Gasteiger partial charge in [-0.2, -0.15) is 0 Å². The molecule has 4 nitrogen and oxygen atoms in total. The van der Waals surface area contributed by atoms with Crippen LogP contribution >= 0.6 is 0 Å². The molecule has 0 unspecified atom stereocenters. The van der Waals surface area contributed by atoms with Gasteiger partial charge in [0.1, 0.15) is 5.60 Å². The Morgan fingerprint density at radius 2 is 1.30 bits per heavy atom. The molecule has 0 saturated carbocycles. The Morgan fingerprint density at radius 3 is 1.70 bits per heavy atom. The number of nitrogens with zero attached hydrogens (tertiary/aromatic N) is 1. The maximum absolute atomic E-state index is 13.3. The molecule has 0 radical (unpaired) electrons. The molecule has 1 heterocycles. The van der Waals surface area contributed by atoms with Crippen molar-refractivity contribution in [2.75, 3.05) is 13.1 Å². The smallest absolute Gasteiger partial charge is 0.410 e. The number of amides is 1. The quantitative estimate of drug-likeness (QED) is 0.614. The van der Waals surface area contributed by atoms with Gasteiger partial charge in [0.2, 0.25) is 0 Å². The molecule has 1 aliphatic heterocycles. The van der Waals surface area contributed by atoms with E-state index in [0.717, 1.165) is 22.3 Å². The molecule has 2 aromatic rings. The van der Waals surface area contributed by atoms with Gasteiger partial charge < -0.3 is 4.74 Å². The van der Waals surface area contributed by atoms with Crippen molar-refractivity contribution in [3.8, 4) is 0 Å². The highest BCUT2D eigenvalue weighted by molar-refractivity contribution is 6.15. The van der Waals surface area contributed by atoms with Gasteiger partial charge in [0.05, 0.1) is 13.1 Å². The van der Waals surface area contributed by atoms with Gasteiger partial charge in [0.15, 0.2) is 5.78 Å². The molecule has 4 heteroatoms. The van der Waals surface area contributed by atoms with Crippen LogP contribution in [0.4, 0.5) is 4.79 Å². The summed E-state index contributed by atoms with van der Waals surface area (Å²) in [7, 11) is 0. The first-order valence-electron chi connectivity index (χ1n) is 10.2. The third kappa shape index (κ3) is 5.26. The fourth-order valence-electron chi connectivity index (χ4n) is 3.37. The lowest BCUT2D eigenvalue weighted by molar-refractivity contribution is -0.113. The third-order valence-electron chi connectivity index (χ3n) is 4.99. The maximum atomic E-state index is 13.3. The number of carbonyl (C=O) groups excluding carboxylic acids is 2. The summed E-state index contributed by atoms with van der Waals surface area (Å²) in [5.74, 6) is -0.0266. The molecule has 0 aromatic heterocycles. The first kappa shape index (κ1) is 21.6. The molecular weight excluding hydrogens is 374 g/mol. The Balaban J connectivity index is 2.02. The number of Topliss-reactive ketones (excluding diaryl/α,β-unsaturated/α-hetero) is 1. The molecule has 2 aromatic carbocycles. The van der Waals surface area contributed by atoms with Crippen molar-refractivity contribution in [2.24, 2.45) is 0 Å². The van der Waals surface area contributed by atoms with Crippen molar-refractivity contribution in [3.05, 3.63) is 81.9 Å². The molecule has 3 rings (SSSR count). The van der Waals surface area contributed by atoms with Crippen LogP contribution in [0.3, 0.4) is 0 Å². The van der Waals surface area contributed by atoms with E-state index < -0.39 is 11.7 Å². The van der Waals surface area contributed by atoms with E-state index in [-0.39, 0.29) is 18.9 Å². The van der Waals surface area contributed by atoms with Gasteiger partial charge in [-0.25, -0.2) is 4.79 Å². The number of piperidine rings is 1. The van der Waals surface area contributed by atoms with E-state index in [0.29, 0.717) is 11.1 Å². The Kier molecular flexibility index (Phi) is 6.25. The number of aryl methyl sites for hydroxylation is 2. The summed E-state index contributed by atoms with van der Waals surface area (Å²) in [6.45, 7) is 10.0. The van der Waals surface area contributed by atoms with Crippen LogP contribution in [0.2, 0.25) is 0 Å². The van der Waals surface area contributed by atoms with Crippen LogP contribution in [0.1, 0.15) is 43.0 Å². The minimum Gasteiger partial charge on any atom is -0.444 e. The SMILES string of the molecule is Cc1ccccc1/C=C1\CN(C(=O)OC(C)(C)C)C/C(=C\c2ccccc2C)C1=O. The highest BCUT2D eigenvalue weighted by Crippen LogP contribution is 2.25. The summed E-state index contributed by atoms with van der Waals surface area (Å²) in [5.41, 5.74) is 4.68. The lowest BCUT2D eigenvalue weighted by atomic mass is 9.93. The van der Waals surface area contributed by atoms with Crippen LogP contribution in [0.25, 0.3) is 12.2 Å². The number of rotatable bonds is 2. The summed E-state index contributed by atoms with van der Waals surface area (Å²) in [4.78, 5) is 27.7. The molecular formula is C26H29NO3. The zero-order valence-corrected chi connectivity index (χ0v) is 18.4. The van der Waals surface area contributed by atoms with Crippen molar-refractivity contribution in [3.63, 3.8) is 0 Å². The van der Waals surface area contributed by atoms with Gasteiger partial charge in [0.25, 0.3) is 0 Å². The van der Waals surface area contributed by atoms with Crippen LogP contribution in [-0.2, 0) is 9.53 Å². The summed E-state index contributed by atoms with van der Waals surface area (Å²) in [5, 5.41) is 0. The Morgan fingerprint density at radius 1 is 0.867 bits per heavy atom. The molecule has 1 aliphatic rings. The fraction of sp³-hybridized carbons (Fsp3) is 0.308. The van der Waals surface area contributed by atoms with Crippen molar-refractivity contribution in [2.45, 2.75) is 40.2 Å². The van der Waals surface area contributed by atoms with E-state index in [4.69, 9.17) is 4.74 Å². The monoisotopic (exact) mass is 403 g/mol. The molecule has 0 N–H and O–H groups in total. The number of hydrogen-bond donors (Lipinski definition) is 0. The minimum atomic E-state index is -0.599. The molecule has 1 saturated heterocycles. The highest BCUT2D eigenvalue weighted by Gasteiger charge is 2.31. The van der Waals surface area contributed by atoms with Crippen LogP contribution in [-0.4, -0.2) is 35.5 Å².